The molecule has 5 heteroatoms. The van der Waals surface area contributed by atoms with E-state index in [4.69, 9.17) is 0 Å². The van der Waals surface area contributed by atoms with Gasteiger partial charge in [-0.3, -0.25) is 14.5 Å². The van der Waals surface area contributed by atoms with Crippen LogP contribution in [0, 0.1) is 5.92 Å². The fraction of sp³-hybridized carbons (Fsp3) is 0.875. The Bertz CT molecular complexity index is 365. The van der Waals surface area contributed by atoms with Crippen molar-refractivity contribution in [2.45, 2.75) is 70.4 Å². The van der Waals surface area contributed by atoms with E-state index in [0.29, 0.717) is 18.9 Å². The Morgan fingerprint density at radius 3 is 2.43 bits per heavy atom. The third-order valence-electron chi connectivity index (χ3n) is 4.83. The van der Waals surface area contributed by atoms with Gasteiger partial charge in [0.15, 0.2) is 0 Å². The molecule has 0 bridgehead atoms. The van der Waals surface area contributed by atoms with Crippen LogP contribution in [0.15, 0.2) is 0 Å². The normalized spacial score (nSPS) is 28.8. The fourth-order valence-electron chi connectivity index (χ4n) is 3.52. The molecule has 5 nitrogen and oxygen atoms in total. The lowest BCUT2D eigenvalue weighted by molar-refractivity contribution is -0.146. The maximum absolute atomic E-state index is 12.2. The Balaban J connectivity index is 1.84. The van der Waals surface area contributed by atoms with E-state index in [2.05, 4.69) is 12.2 Å². The first-order chi connectivity index (χ1) is 10.1. The number of likely N-dealkylation sites (tertiary alicyclic amines) is 1. The van der Waals surface area contributed by atoms with E-state index in [1.807, 2.05) is 4.90 Å². The molecule has 2 atom stereocenters. The van der Waals surface area contributed by atoms with Crippen LogP contribution in [0.4, 0.5) is 0 Å². The Morgan fingerprint density at radius 2 is 1.81 bits per heavy atom. The fourth-order valence-corrected chi connectivity index (χ4v) is 3.52. The number of rotatable bonds is 4. The van der Waals surface area contributed by atoms with E-state index in [-0.39, 0.29) is 18.5 Å². The predicted octanol–water partition coefficient (Wildman–Crippen LogP) is 2.01. The van der Waals surface area contributed by atoms with Crippen molar-refractivity contribution in [1.29, 1.82) is 0 Å². The van der Waals surface area contributed by atoms with Gasteiger partial charge in [-0.25, -0.2) is 0 Å². The van der Waals surface area contributed by atoms with Crippen LogP contribution in [0.25, 0.3) is 0 Å². The highest BCUT2D eigenvalue weighted by molar-refractivity contribution is 5.80. The van der Waals surface area contributed by atoms with Gasteiger partial charge in [0.25, 0.3) is 0 Å². The van der Waals surface area contributed by atoms with Crippen molar-refractivity contribution in [2.75, 3.05) is 13.1 Å². The maximum atomic E-state index is 12.2. The van der Waals surface area contributed by atoms with E-state index in [1.165, 1.54) is 25.7 Å². The van der Waals surface area contributed by atoms with E-state index >= 15 is 0 Å². The van der Waals surface area contributed by atoms with Gasteiger partial charge in [0.05, 0.1) is 6.54 Å². The zero-order valence-electron chi connectivity index (χ0n) is 13.0. The van der Waals surface area contributed by atoms with Gasteiger partial charge < -0.3 is 10.4 Å². The van der Waals surface area contributed by atoms with Crippen LogP contribution in [0.3, 0.4) is 0 Å². The SMILES string of the molecule is CC1CCN(CC(=O)NC2CCCCCC2)C(C(=O)O)C1. The standard InChI is InChI=1S/C16H28N2O3/c1-12-8-9-18(14(10-12)16(20)21)11-15(19)17-13-6-4-2-3-5-7-13/h12-14H,2-11H2,1H3,(H,17,19)(H,20,21). The Labute approximate surface area is 127 Å². The van der Waals surface area contributed by atoms with Crippen molar-refractivity contribution in [3.63, 3.8) is 0 Å². The number of nitrogens with one attached hydrogen (secondary N) is 1. The smallest absolute Gasteiger partial charge is 0.320 e. The van der Waals surface area contributed by atoms with Crippen LogP contribution < -0.4 is 5.32 Å². The molecule has 0 aromatic rings. The number of carbonyl (C=O) groups excluding carboxylic acids is 1. The van der Waals surface area contributed by atoms with Crippen molar-refractivity contribution in [2.24, 2.45) is 5.92 Å². The number of aliphatic carboxylic acids is 1. The molecular formula is C16H28N2O3. The lowest BCUT2D eigenvalue weighted by atomic mass is 9.92. The summed E-state index contributed by atoms with van der Waals surface area (Å²) >= 11 is 0. The minimum absolute atomic E-state index is 0.0114. The van der Waals surface area contributed by atoms with Gasteiger partial charge in [0, 0.05) is 6.04 Å². The summed E-state index contributed by atoms with van der Waals surface area (Å²) in [5.41, 5.74) is 0. The van der Waals surface area contributed by atoms with Crippen LogP contribution in [0.1, 0.15) is 58.3 Å². The minimum atomic E-state index is -0.802. The molecule has 1 saturated heterocycles. The second-order valence-corrected chi connectivity index (χ2v) is 6.71. The van der Waals surface area contributed by atoms with Crippen LogP contribution >= 0.6 is 0 Å². The summed E-state index contributed by atoms with van der Waals surface area (Å²) < 4.78 is 0. The number of piperidine rings is 1. The molecule has 2 fully saturated rings. The molecule has 1 heterocycles. The predicted molar refractivity (Wildman–Crippen MR) is 81.0 cm³/mol. The molecular weight excluding hydrogens is 268 g/mol. The largest absolute Gasteiger partial charge is 0.480 e. The van der Waals surface area contributed by atoms with Gasteiger partial charge in [0.1, 0.15) is 6.04 Å². The number of carbonyl (C=O) groups is 2. The minimum Gasteiger partial charge on any atom is -0.480 e. The summed E-state index contributed by atoms with van der Waals surface area (Å²) in [5, 5.41) is 12.4. The number of nitrogens with zero attached hydrogens (tertiary/aromatic N) is 1. The third kappa shape index (κ3) is 4.99. The highest BCUT2D eigenvalue weighted by Crippen LogP contribution is 2.22. The Kier molecular flexibility index (Phi) is 6.03. The molecule has 1 aliphatic carbocycles. The van der Waals surface area contributed by atoms with Gasteiger partial charge in [-0.2, -0.15) is 0 Å². The zero-order valence-corrected chi connectivity index (χ0v) is 13.0. The Morgan fingerprint density at radius 1 is 1.14 bits per heavy atom. The quantitative estimate of drug-likeness (QED) is 0.779. The van der Waals surface area contributed by atoms with Crippen molar-refractivity contribution in [3.8, 4) is 0 Å². The lowest BCUT2D eigenvalue weighted by Crippen LogP contribution is -2.51. The number of amides is 1. The highest BCUT2D eigenvalue weighted by atomic mass is 16.4. The van der Waals surface area contributed by atoms with Crippen LogP contribution in [-0.2, 0) is 9.59 Å². The van der Waals surface area contributed by atoms with Gasteiger partial charge in [-0.15, -0.1) is 0 Å². The summed E-state index contributed by atoms with van der Waals surface area (Å²) in [6.45, 7) is 3.01. The second-order valence-electron chi connectivity index (χ2n) is 6.71. The number of carboxylic acids is 1. The first kappa shape index (κ1) is 16.3. The average molecular weight is 296 g/mol. The van der Waals surface area contributed by atoms with Crippen molar-refractivity contribution >= 4 is 11.9 Å². The molecule has 2 unspecified atom stereocenters. The molecule has 120 valence electrons. The topological polar surface area (TPSA) is 69.6 Å². The number of carboxylic acid groups (broad SMARTS) is 1. The first-order valence-electron chi connectivity index (χ1n) is 8.32. The number of hydrogen-bond donors (Lipinski definition) is 2. The van der Waals surface area contributed by atoms with Crippen LogP contribution in [-0.4, -0.2) is 47.1 Å². The lowest BCUT2D eigenvalue weighted by Gasteiger charge is -2.35. The molecule has 0 aromatic carbocycles. The summed E-state index contributed by atoms with van der Waals surface area (Å²) in [5.74, 6) is -0.390. The van der Waals surface area contributed by atoms with Crippen LogP contribution in [0.5, 0.6) is 0 Å². The molecule has 2 N–H and O–H groups in total. The van der Waals surface area contributed by atoms with E-state index < -0.39 is 12.0 Å². The molecule has 2 aliphatic rings. The monoisotopic (exact) mass is 296 g/mol. The van der Waals surface area contributed by atoms with Gasteiger partial charge in [-0.05, 0) is 38.1 Å². The highest BCUT2D eigenvalue weighted by Gasteiger charge is 2.32. The first-order valence-corrected chi connectivity index (χ1v) is 8.32. The zero-order chi connectivity index (χ0) is 15.2. The number of hydrogen-bond acceptors (Lipinski definition) is 3. The van der Waals surface area contributed by atoms with E-state index in [0.717, 1.165) is 19.3 Å². The molecule has 1 amide bonds. The average Bonchev–Trinajstić information content (AvgIpc) is 2.69. The molecule has 0 aromatic heterocycles. The van der Waals surface area contributed by atoms with E-state index in [1.54, 1.807) is 0 Å². The van der Waals surface area contributed by atoms with Gasteiger partial charge in [0.2, 0.25) is 5.91 Å². The van der Waals surface area contributed by atoms with Crippen molar-refractivity contribution < 1.29 is 14.7 Å². The summed E-state index contributed by atoms with van der Waals surface area (Å²) in [6, 6.07) is -0.222. The van der Waals surface area contributed by atoms with Crippen molar-refractivity contribution in [1.82, 2.24) is 10.2 Å². The van der Waals surface area contributed by atoms with Gasteiger partial charge in [-0.1, -0.05) is 32.6 Å². The molecule has 21 heavy (non-hydrogen) atoms. The van der Waals surface area contributed by atoms with Crippen LogP contribution in [0.2, 0.25) is 0 Å². The van der Waals surface area contributed by atoms with Crippen molar-refractivity contribution in [3.05, 3.63) is 0 Å². The summed E-state index contributed by atoms with van der Waals surface area (Å²) in [6.07, 6.45) is 8.63. The van der Waals surface area contributed by atoms with E-state index in [9.17, 15) is 14.7 Å². The molecule has 2 rings (SSSR count). The molecule has 1 aliphatic heterocycles. The second kappa shape index (κ2) is 7.78. The molecule has 0 spiro atoms. The Hall–Kier alpha value is -1.10. The summed E-state index contributed by atoms with van der Waals surface area (Å²) in [7, 11) is 0. The molecule has 0 radical (unpaired) electrons. The van der Waals surface area contributed by atoms with Gasteiger partial charge >= 0.3 is 5.97 Å². The summed E-state index contributed by atoms with van der Waals surface area (Å²) in [4.78, 5) is 25.4. The third-order valence-corrected chi connectivity index (χ3v) is 4.83. The molecule has 1 saturated carbocycles. The maximum Gasteiger partial charge on any atom is 0.320 e.